The molecular formula is C12H15N3O4. The molecule has 19 heavy (non-hydrogen) atoms. The summed E-state index contributed by atoms with van der Waals surface area (Å²) in [5, 5.41) is 11.4. The Morgan fingerprint density at radius 3 is 2.53 bits per heavy atom. The van der Waals surface area contributed by atoms with Crippen molar-refractivity contribution in [2.24, 2.45) is 7.05 Å². The molecule has 1 aliphatic rings. The molecule has 0 spiro atoms. The Morgan fingerprint density at radius 2 is 2.11 bits per heavy atom. The standard InChI is InChI=1S/C12H15N3O4/c1-14-6-4-8(7-14)12(5-3-9(16)17)10(18)15(2)11(19)13-12/h4,6-7H,3,5H2,1-2H3,(H,13,19)(H,16,17). The molecule has 0 radical (unpaired) electrons. The number of aromatic nitrogens is 1. The molecule has 0 aromatic carbocycles. The second kappa shape index (κ2) is 4.42. The fourth-order valence-electron chi connectivity index (χ4n) is 2.26. The summed E-state index contributed by atoms with van der Waals surface area (Å²) >= 11 is 0. The largest absolute Gasteiger partial charge is 0.481 e. The number of rotatable bonds is 4. The van der Waals surface area contributed by atoms with Gasteiger partial charge in [-0.1, -0.05) is 0 Å². The molecule has 0 saturated carbocycles. The van der Waals surface area contributed by atoms with Crippen LogP contribution in [0.3, 0.4) is 0 Å². The normalized spacial score (nSPS) is 22.7. The molecule has 1 saturated heterocycles. The Labute approximate surface area is 109 Å². The molecule has 1 atom stereocenters. The number of likely N-dealkylation sites (N-methyl/N-ethyl adjacent to an activating group) is 1. The van der Waals surface area contributed by atoms with E-state index in [4.69, 9.17) is 5.11 Å². The van der Waals surface area contributed by atoms with Gasteiger partial charge in [0.15, 0.2) is 0 Å². The van der Waals surface area contributed by atoms with Gasteiger partial charge in [0.25, 0.3) is 5.91 Å². The molecule has 7 heteroatoms. The Kier molecular flexibility index (Phi) is 3.05. The van der Waals surface area contributed by atoms with Gasteiger partial charge in [-0.25, -0.2) is 4.79 Å². The number of nitrogens with zero attached hydrogens (tertiary/aromatic N) is 2. The second-order valence-corrected chi connectivity index (χ2v) is 4.66. The fourth-order valence-corrected chi connectivity index (χ4v) is 2.26. The predicted molar refractivity (Wildman–Crippen MR) is 65.3 cm³/mol. The molecule has 2 heterocycles. The summed E-state index contributed by atoms with van der Waals surface area (Å²) in [6, 6.07) is 1.19. The van der Waals surface area contributed by atoms with Gasteiger partial charge in [-0.15, -0.1) is 0 Å². The highest BCUT2D eigenvalue weighted by molar-refractivity contribution is 6.07. The van der Waals surface area contributed by atoms with E-state index in [1.54, 1.807) is 30.1 Å². The van der Waals surface area contributed by atoms with Crippen molar-refractivity contribution in [1.82, 2.24) is 14.8 Å². The molecule has 1 aliphatic heterocycles. The molecule has 3 amide bonds. The van der Waals surface area contributed by atoms with Crippen LogP contribution >= 0.6 is 0 Å². The van der Waals surface area contributed by atoms with Crippen molar-refractivity contribution in [2.75, 3.05) is 7.05 Å². The van der Waals surface area contributed by atoms with Crippen molar-refractivity contribution in [1.29, 1.82) is 0 Å². The zero-order chi connectivity index (χ0) is 14.2. The summed E-state index contributed by atoms with van der Waals surface area (Å²) in [5.41, 5.74) is -0.676. The van der Waals surface area contributed by atoms with Crippen molar-refractivity contribution in [3.63, 3.8) is 0 Å². The van der Waals surface area contributed by atoms with Crippen LogP contribution in [0.5, 0.6) is 0 Å². The average Bonchev–Trinajstić information content (AvgIpc) is 2.86. The number of carbonyl (C=O) groups excluding carboxylic acids is 2. The van der Waals surface area contributed by atoms with E-state index in [2.05, 4.69) is 5.32 Å². The van der Waals surface area contributed by atoms with Gasteiger partial charge in [0.2, 0.25) is 0 Å². The number of amides is 3. The average molecular weight is 265 g/mol. The SMILES string of the molecule is CN1C(=O)NC(CCC(=O)O)(c2ccn(C)c2)C1=O. The van der Waals surface area contributed by atoms with E-state index in [-0.39, 0.29) is 12.8 Å². The minimum Gasteiger partial charge on any atom is -0.481 e. The Morgan fingerprint density at radius 1 is 1.42 bits per heavy atom. The van der Waals surface area contributed by atoms with Crippen LogP contribution in [0, 0.1) is 0 Å². The van der Waals surface area contributed by atoms with Gasteiger partial charge in [-0.2, -0.15) is 0 Å². The van der Waals surface area contributed by atoms with Crippen LogP contribution in [-0.4, -0.2) is 39.5 Å². The van der Waals surface area contributed by atoms with Gasteiger partial charge in [0.05, 0.1) is 0 Å². The van der Waals surface area contributed by atoms with Crippen LogP contribution in [0.2, 0.25) is 0 Å². The quantitative estimate of drug-likeness (QED) is 0.764. The van der Waals surface area contributed by atoms with Gasteiger partial charge in [0, 0.05) is 38.5 Å². The highest BCUT2D eigenvalue weighted by atomic mass is 16.4. The third-order valence-electron chi connectivity index (χ3n) is 3.33. The summed E-state index contributed by atoms with van der Waals surface area (Å²) in [4.78, 5) is 35.7. The number of aryl methyl sites for hydroxylation is 1. The number of imide groups is 1. The van der Waals surface area contributed by atoms with Crippen molar-refractivity contribution in [3.05, 3.63) is 24.0 Å². The number of carboxylic acid groups (broad SMARTS) is 1. The first-order chi connectivity index (χ1) is 8.86. The molecule has 1 fully saturated rings. The summed E-state index contributed by atoms with van der Waals surface area (Å²) < 4.78 is 1.75. The van der Waals surface area contributed by atoms with E-state index in [1.807, 2.05) is 0 Å². The van der Waals surface area contributed by atoms with Crippen molar-refractivity contribution in [3.8, 4) is 0 Å². The predicted octanol–water partition coefficient (Wildman–Crippen LogP) is 0.267. The number of hydrogen-bond acceptors (Lipinski definition) is 3. The topological polar surface area (TPSA) is 91.6 Å². The van der Waals surface area contributed by atoms with E-state index in [1.165, 1.54) is 7.05 Å². The van der Waals surface area contributed by atoms with Crippen molar-refractivity contribution in [2.45, 2.75) is 18.4 Å². The number of urea groups is 1. The maximum Gasteiger partial charge on any atom is 0.325 e. The minimum atomic E-state index is -1.27. The molecule has 1 unspecified atom stereocenters. The molecule has 1 aromatic heterocycles. The zero-order valence-electron chi connectivity index (χ0n) is 10.7. The molecule has 0 bridgehead atoms. The first kappa shape index (κ1) is 13.1. The number of aliphatic carboxylic acids is 1. The molecule has 0 aliphatic carbocycles. The third-order valence-corrected chi connectivity index (χ3v) is 3.33. The third kappa shape index (κ3) is 2.07. The van der Waals surface area contributed by atoms with Crippen LogP contribution in [0.1, 0.15) is 18.4 Å². The molecule has 7 nitrogen and oxygen atoms in total. The lowest BCUT2D eigenvalue weighted by molar-refractivity contribution is -0.138. The van der Waals surface area contributed by atoms with E-state index in [0.717, 1.165) is 4.90 Å². The maximum absolute atomic E-state index is 12.3. The Hall–Kier alpha value is -2.31. The van der Waals surface area contributed by atoms with Gasteiger partial charge in [-0.05, 0) is 12.5 Å². The van der Waals surface area contributed by atoms with Crippen LogP contribution in [0.4, 0.5) is 4.79 Å². The van der Waals surface area contributed by atoms with Gasteiger partial charge < -0.3 is 15.0 Å². The number of carboxylic acids is 1. The number of nitrogens with one attached hydrogen (secondary N) is 1. The highest BCUT2D eigenvalue weighted by Crippen LogP contribution is 2.33. The molecule has 2 rings (SSSR count). The van der Waals surface area contributed by atoms with Crippen LogP contribution in [0.15, 0.2) is 18.5 Å². The maximum atomic E-state index is 12.3. The van der Waals surface area contributed by atoms with E-state index in [9.17, 15) is 14.4 Å². The summed E-state index contributed by atoms with van der Waals surface area (Å²) in [6.45, 7) is 0. The van der Waals surface area contributed by atoms with Crippen molar-refractivity contribution < 1.29 is 19.5 Å². The lowest BCUT2D eigenvalue weighted by Gasteiger charge is -2.25. The first-order valence-corrected chi connectivity index (χ1v) is 5.81. The number of hydrogen-bond donors (Lipinski definition) is 2. The fraction of sp³-hybridized carbons (Fsp3) is 0.417. The molecule has 1 aromatic rings. The van der Waals surface area contributed by atoms with E-state index >= 15 is 0 Å². The Bertz CT molecular complexity index is 551. The summed E-state index contributed by atoms with van der Waals surface area (Å²) in [7, 11) is 3.17. The molecule has 102 valence electrons. The zero-order valence-corrected chi connectivity index (χ0v) is 10.7. The minimum absolute atomic E-state index is 0.0290. The molecule has 2 N–H and O–H groups in total. The smallest absolute Gasteiger partial charge is 0.325 e. The lowest BCUT2D eigenvalue weighted by Crippen LogP contribution is -2.44. The first-order valence-electron chi connectivity index (χ1n) is 5.81. The van der Waals surface area contributed by atoms with Crippen LogP contribution in [0.25, 0.3) is 0 Å². The summed E-state index contributed by atoms with van der Waals surface area (Å²) in [6.07, 6.45) is 3.28. The van der Waals surface area contributed by atoms with Crippen molar-refractivity contribution >= 4 is 17.9 Å². The second-order valence-electron chi connectivity index (χ2n) is 4.66. The lowest BCUT2D eigenvalue weighted by atomic mass is 9.87. The van der Waals surface area contributed by atoms with Crippen LogP contribution in [-0.2, 0) is 22.2 Å². The summed E-state index contributed by atoms with van der Waals surface area (Å²) in [5.74, 6) is -1.43. The monoisotopic (exact) mass is 265 g/mol. The molecular weight excluding hydrogens is 250 g/mol. The van der Waals surface area contributed by atoms with Gasteiger partial charge >= 0.3 is 12.0 Å². The van der Waals surface area contributed by atoms with Gasteiger partial charge in [-0.3, -0.25) is 14.5 Å². The van der Waals surface area contributed by atoms with E-state index < -0.39 is 23.4 Å². The van der Waals surface area contributed by atoms with E-state index in [0.29, 0.717) is 5.56 Å². The highest BCUT2D eigenvalue weighted by Gasteiger charge is 2.51. The van der Waals surface area contributed by atoms with Gasteiger partial charge in [0.1, 0.15) is 5.54 Å². The van der Waals surface area contributed by atoms with Crippen LogP contribution < -0.4 is 5.32 Å². The Balaban J connectivity index is 2.42. The number of carbonyl (C=O) groups is 3.